The van der Waals surface area contributed by atoms with E-state index in [-0.39, 0.29) is 12.1 Å². The van der Waals surface area contributed by atoms with Crippen LogP contribution in [-0.2, 0) is 18.2 Å². The molecule has 1 saturated heterocycles. The highest BCUT2D eigenvalue weighted by atomic mass is 16.6. The molecule has 1 aromatic carbocycles. The molecule has 1 atom stereocenters. The SMILES string of the molecule is COc1ccc2c(c1)c1c(n2C)C2COC(=O)N2CC1. The second-order valence-electron chi connectivity index (χ2n) is 5.34. The Hall–Kier alpha value is -2.17. The number of nitrogens with zero attached hydrogens (tertiary/aromatic N) is 2. The molecule has 1 aromatic heterocycles. The van der Waals surface area contributed by atoms with Gasteiger partial charge >= 0.3 is 6.09 Å². The molecule has 5 nitrogen and oxygen atoms in total. The van der Waals surface area contributed by atoms with Crippen molar-refractivity contribution in [1.29, 1.82) is 0 Å². The summed E-state index contributed by atoms with van der Waals surface area (Å²) in [6.07, 6.45) is 0.675. The van der Waals surface area contributed by atoms with Gasteiger partial charge < -0.3 is 14.0 Å². The molecule has 1 amide bonds. The number of rotatable bonds is 1. The number of benzene rings is 1. The molecule has 4 rings (SSSR count). The number of aryl methyl sites for hydroxylation is 1. The number of methoxy groups -OCH3 is 1. The van der Waals surface area contributed by atoms with Crippen LogP contribution < -0.4 is 4.74 Å². The first kappa shape index (κ1) is 11.6. The summed E-state index contributed by atoms with van der Waals surface area (Å²) in [4.78, 5) is 13.6. The molecule has 20 heavy (non-hydrogen) atoms. The molecule has 2 aromatic rings. The Kier molecular flexibility index (Phi) is 2.28. The predicted octanol–water partition coefficient (Wildman–Crippen LogP) is 2.24. The fraction of sp³-hybridized carbons (Fsp3) is 0.400. The van der Waals surface area contributed by atoms with Crippen molar-refractivity contribution in [2.45, 2.75) is 12.5 Å². The van der Waals surface area contributed by atoms with Crippen molar-refractivity contribution in [2.75, 3.05) is 20.3 Å². The number of carbonyl (C=O) groups excluding carboxylic acids is 1. The van der Waals surface area contributed by atoms with Crippen LogP contribution in [0.2, 0.25) is 0 Å². The summed E-state index contributed by atoms with van der Waals surface area (Å²) in [5, 5.41) is 1.22. The van der Waals surface area contributed by atoms with E-state index < -0.39 is 0 Å². The highest BCUT2D eigenvalue weighted by Gasteiger charge is 2.40. The average Bonchev–Trinajstić information content (AvgIpc) is 2.98. The van der Waals surface area contributed by atoms with Gasteiger partial charge in [-0.05, 0) is 30.2 Å². The van der Waals surface area contributed by atoms with Crippen molar-refractivity contribution in [3.8, 4) is 5.75 Å². The summed E-state index contributed by atoms with van der Waals surface area (Å²) in [6, 6.07) is 6.19. The van der Waals surface area contributed by atoms with Crippen LogP contribution in [0.1, 0.15) is 17.3 Å². The van der Waals surface area contributed by atoms with Crippen LogP contribution in [0.25, 0.3) is 10.9 Å². The lowest BCUT2D eigenvalue weighted by molar-refractivity contribution is 0.157. The summed E-state index contributed by atoms with van der Waals surface area (Å²) in [5.41, 5.74) is 3.70. The molecule has 0 N–H and O–H groups in total. The fourth-order valence-electron chi connectivity index (χ4n) is 3.49. The maximum atomic E-state index is 11.7. The normalized spacial score (nSPS) is 20.8. The van der Waals surface area contributed by atoms with E-state index in [1.165, 1.54) is 22.2 Å². The number of carbonyl (C=O) groups is 1. The maximum absolute atomic E-state index is 11.7. The van der Waals surface area contributed by atoms with E-state index in [0.29, 0.717) is 6.61 Å². The van der Waals surface area contributed by atoms with E-state index in [4.69, 9.17) is 9.47 Å². The molecule has 0 radical (unpaired) electrons. The minimum Gasteiger partial charge on any atom is -0.497 e. The van der Waals surface area contributed by atoms with E-state index in [2.05, 4.69) is 23.7 Å². The zero-order valence-corrected chi connectivity index (χ0v) is 11.5. The molecule has 0 bridgehead atoms. The summed E-state index contributed by atoms with van der Waals surface area (Å²) < 4.78 is 12.7. The van der Waals surface area contributed by atoms with Crippen LogP contribution in [0.15, 0.2) is 18.2 Å². The highest BCUT2D eigenvalue weighted by Crippen LogP contribution is 2.40. The van der Waals surface area contributed by atoms with Gasteiger partial charge in [-0.1, -0.05) is 0 Å². The van der Waals surface area contributed by atoms with E-state index in [9.17, 15) is 4.79 Å². The van der Waals surface area contributed by atoms with E-state index in [1.54, 1.807) is 7.11 Å². The third-order valence-corrected chi connectivity index (χ3v) is 4.45. The van der Waals surface area contributed by atoms with Crippen molar-refractivity contribution >= 4 is 17.0 Å². The molecule has 0 saturated carbocycles. The first-order chi connectivity index (χ1) is 9.70. The summed E-state index contributed by atoms with van der Waals surface area (Å²) in [6.45, 7) is 1.18. The molecule has 5 heteroatoms. The molecule has 0 spiro atoms. The van der Waals surface area contributed by atoms with Gasteiger partial charge in [-0.15, -0.1) is 0 Å². The zero-order valence-electron chi connectivity index (χ0n) is 11.5. The van der Waals surface area contributed by atoms with Crippen LogP contribution in [-0.4, -0.2) is 35.8 Å². The Morgan fingerprint density at radius 2 is 2.25 bits per heavy atom. The number of hydrogen-bond acceptors (Lipinski definition) is 3. The number of aromatic nitrogens is 1. The first-order valence-electron chi connectivity index (χ1n) is 6.79. The fourth-order valence-corrected chi connectivity index (χ4v) is 3.49. The van der Waals surface area contributed by atoms with Gasteiger partial charge in [-0.25, -0.2) is 4.79 Å². The lowest BCUT2D eigenvalue weighted by atomic mass is 9.98. The van der Waals surface area contributed by atoms with Gasteiger partial charge in [0.2, 0.25) is 0 Å². The second-order valence-corrected chi connectivity index (χ2v) is 5.34. The molecule has 1 unspecified atom stereocenters. The van der Waals surface area contributed by atoms with E-state index >= 15 is 0 Å². The van der Waals surface area contributed by atoms with Crippen LogP contribution in [0.5, 0.6) is 5.75 Å². The van der Waals surface area contributed by atoms with Crippen molar-refractivity contribution < 1.29 is 14.3 Å². The van der Waals surface area contributed by atoms with Gasteiger partial charge in [0, 0.05) is 30.2 Å². The molecule has 104 valence electrons. The average molecular weight is 272 g/mol. The van der Waals surface area contributed by atoms with Crippen LogP contribution in [0.3, 0.4) is 0 Å². The largest absolute Gasteiger partial charge is 0.497 e. The van der Waals surface area contributed by atoms with Crippen molar-refractivity contribution in [2.24, 2.45) is 7.05 Å². The number of ether oxygens (including phenoxy) is 2. The third kappa shape index (κ3) is 1.35. The standard InChI is InChI=1S/C15H16N2O3/c1-16-12-4-3-9(19-2)7-11(12)10-5-6-17-13(14(10)16)8-20-15(17)18/h3-4,7,13H,5-6,8H2,1-2H3. The van der Waals surface area contributed by atoms with Crippen LogP contribution in [0.4, 0.5) is 4.79 Å². The Bertz CT molecular complexity index is 719. The summed E-state index contributed by atoms with van der Waals surface area (Å²) >= 11 is 0. The van der Waals surface area contributed by atoms with Gasteiger partial charge in [-0.3, -0.25) is 4.90 Å². The lowest BCUT2D eigenvalue weighted by Gasteiger charge is -2.28. The number of hydrogen-bond donors (Lipinski definition) is 0. The Balaban J connectivity index is 1.96. The van der Waals surface area contributed by atoms with Gasteiger partial charge in [0.25, 0.3) is 0 Å². The quantitative estimate of drug-likeness (QED) is 0.799. The maximum Gasteiger partial charge on any atom is 0.410 e. The van der Waals surface area contributed by atoms with Crippen LogP contribution in [0, 0.1) is 0 Å². The molecule has 0 aliphatic carbocycles. The van der Waals surface area contributed by atoms with Crippen molar-refractivity contribution in [3.05, 3.63) is 29.5 Å². The molecular formula is C15H16N2O3. The number of amides is 1. The Morgan fingerprint density at radius 1 is 1.40 bits per heavy atom. The lowest BCUT2D eigenvalue weighted by Crippen LogP contribution is -2.34. The van der Waals surface area contributed by atoms with Crippen molar-refractivity contribution in [3.63, 3.8) is 0 Å². The molecule has 3 heterocycles. The smallest absolute Gasteiger partial charge is 0.410 e. The molecule has 2 aliphatic rings. The summed E-state index contributed by atoms with van der Waals surface area (Å²) in [5.74, 6) is 0.868. The minimum atomic E-state index is -0.191. The summed E-state index contributed by atoms with van der Waals surface area (Å²) in [7, 11) is 3.74. The number of fused-ring (bicyclic) bond motifs is 5. The van der Waals surface area contributed by atoms with Crippen LogP contribution >= 0.6 is 0 Å². The van der Waals surface area contributed by atoms with Gasteiger partial charge in [0.05, 0.1) is 7.11 Å². The molecule has 1 fully saturated rings. The molecule has 2 aliphatic heterocycles. The monoisotopic (exact) mass is 272 g/mol. The molecular weight excluding hydrogens is 256 g/mol. The predicted molar refractivity (Wildman–Crippen MR) is 74.0 cm³/mol. The van der Waals surface area contributed by atoms with Gasteiger partial charge in [-0.2, -0.15) is 0 Å². The second kappa shape index (κ2) is 3.91. The zero-order chi connectivity index (χ0) is 13.9. The first-order valence-corrected chi connectivity index (χ1v) is 6.79. The van der Waals surface area contributed by atoms with Gasteiger partial charge in [0.1, 0.15) is 18.4 Å². The Labute approximate surface area is 116 Å². The Morgan fingerprint density at radius 3 is 3.05 bits per heavy atom. The highest BCUT2D eigenvalue weighted by molar-refractivity contribution is 5.88. The van der Waals surface area contributed by atoms with Gasteiger partial charge in [0.15, 0.2) is 0 Å². The minimum absolute atomic E-state index is 0.0506. The number of cyclic esters (lactones) is 1. The third-order valence-electron chi connectivity index (χ3n) is 4.45. The topological polar surface area (TPSA) is 43.7 Å². The van der Waals surface area contributed by atoms with Crippen molar-refractivity contribution in [1.82, 2.24) is 9.47 Å². The van der Waals surface area contributed by atoms with E-state index in [0.717, 1.165) is 18.7 Å². The van der Waals surface area contributed by atoms with E-state index in [1.807, 2.05) is 11.0 Å².